The number of hydrogen-bond acceptors (Lipinski definition) is 4. The maximum absolute atomic E-state index is 5.94. The molecule has 0 radical (unpaired) electrons. The lowest BCUT2D eigenvalue weighted by Gasteiger charge is -2.26. The second-order valence-electron chi connectivity index (χ2n) is 8.36. The van der Waals surface area contributed by atoms with E-state index in [2.05, 4.69) is 45.4 Å². The summed E-state index contributed by atoms with van der Waals surface area (Å²) in [4.78, 5) is 10.3. The number of aryl methyl sites for hydroxylation is 2. The highest BCUT2D eigenvalue weighted by Crippen LogP contribution is 2.35. The van der Waals surface area contributed by atoms with Crippen LogP contribution in [0.1, 0.15) is 29.1 Å². The second-order valence-corrected chi connectivity index (χ2v) is 8.36. The van der Waals surface area contributed by atoms with Gasteiger partial charge in [0.25, 0.3) is 0 Å². The largest absolute Gasteiger partial charge is 0.497 e. The van der Waals surface area contributed by atoms with Gasteiger partial charge in [0, 0.05) is 54.1 Å². The molecule has 0 saturated heterocycles. The van der Waals surface area contributed by atoms with E-state index in [0.29, 0.717) is 6.61 Å². The number of fused-ring (bicyclic) bond motifs is 3. The van der Waals surface area contributed by atoms with Crippen LogP contribution in [-0.2, 0) is 31.5 Å². The molecular formula is C26H28N4O2. The molecule has 1 atom stereocenters. The van der Waals surface area contributed by atoms with Crippen LogP contribution in [0.2, 0.25) is 0 Å². The van der Waals surface area contributed by atoms with Crippen molar-refractivity contribution in [3.05, 3.63) is 83.6 Å². The normalized spacial score (nSPS) is 17.0. The first-order chi connectivity index (χ1) is 15.7. The van der Waals surface area contributed by atoms with Gasteiger partial charge in [0.15, 0.2) is 0 Å². The number of nitrogens with zero attached hydrogens (tertiary/aromatic N) is 4. The van der Waals surface area contributed by atoms with Gasteiger partial charge in [-0.3, -0.25) is 0 Å². The van der Waals surface area contributed by atoms with E-state index < -0.39 is 0 Å². The van der Waals surface area contributed by atoms with Crippen molar-refractivity contribution in [2.45, 2.75) is 32.9 Å². The number of imidazole rings is 1. The molecule has 5 rings (SSSR count). The topological polar surface area (TPSA) is 53.6 Å². The van der Waals surface area contributed by atoms with Crippen LogP contribution in [0.5, 0.6) is 5.75 Å². The zero-order valence-corrected chi connectivity index (χ0v) is 18.8. The quantitative estimate of drug-likeness (QED) is 0.412. The molecule has 0 saturated carbocycles. The van der Waals surface area contributed by atoms with E-state index in [1.54, 1.807) is 7.11 Å². The summed E-state index contributed by atoms with van der Waals surface area (Å²) in [6, 6.07) is 16.5. The van der Waals surface area contributed by atoms with Gasteiger partial charge in [-0.1, -0.05) is 35.5 Å². The minimum absolute atomic E-state index is 0.261. The standard InChI is InChI=1S/C26H28N4O2/c1-18-27-14-15-30(18)16-20-10-13-24-25(22-6-4-5-7-23(22)29(24)2)26(20)28-32-17-19-8-11-21(31-3)12-9-19/h4-9,11-12,14-15,20H,10,13,16-17H2,1-3H3/b28-26+. The third-order valence-corrected chi connectivity index (χ3v) is 6.49. The van der Waals surface area contributed by atoms with Crippen LogP contribution < -0.4 is 4.74 Å². The second kappa shape index (κ2) is 8.54. The number of oxime groups is 1. The molecule has 2 heterocycles. The zero-order valence-electron chi connectivity index (χ0n) is 18.8. The van der Waals surface area contributed by atoms with Crippen LogP contribution in [-0.4, -0.2) is 26.9 Å². The molecule has 164 valence electrons. The third-order valence-electron chi connectivity index (χ3n) is 6.49. The minimum atomic E-state index is 0.261. The van der Waals surface area contributed by atoms with Gasteiger partial charge in [0.05, 0.1) is 12.8 Å². The molecule has 0 aliphatic heterocycles. The molecule has 4 aromatic rings. The fourth-order valence-electron chi connectivity index (χ4n) is 4.71. The van der Waals surface area contributed by atoms with Gasteiger partial charge >= 0.3 is 0 Å². The lowest BCUT2D eigenvalue weighted by molar-refractivity contribution is 0.128. The lowest BCUT2D eigenvalue weighted by Crippen LogP contribution is -2.28. The van der Waals surface area contributed by atoms with Gasteiger partial charge in [-0.15, -0.1) is 0 Å². The fourth-order valence-corrected chi connectivity index (χ4v) is 4.71. The number of benzene rings is 2. The van der Waals surface area contributed by atoms with Crippen LogP contribution in [0.25, 0.3) is 10.9 Å². The Labute approximate surface area is 188 Å². The molecule has 0 amide bonds. The smallest absolute Gasteiger partial charge is 0.142 e. The molecule has 1 unspecified atom stereocenters. The summed E-state index contributed by atoms with van der Waals surface area (Å²) in [7, 11) is 3.82. The van der Waals surface area contributed by atoms with Crippen molar-refractivity contribution in [1.29, 1.82) is 0 Å². The van der Waals surface area contributed by atoms with Gasteiger partial charge < -0.3 is 18.7 Å². The van der Waals surface area contributed by atoms with E-state index >= 15 is 0 Å². The first-order valence-electron chi connectivity index (χ1n) is 11.0. The Kier molecular flexibility index (Phi) is 5.43. The maximum atomic E-state index is 5.94. The number of aromatic nitrogens is 3. The Balaban J connectivity index is 1.50. The molecule has 6 nitrogen and oxygen atoms in total. The van der Waals surface area contributed by atoms with Gasteiger partial charge in [0.1, 0.15) is 18.2 Å². The molecular weight excluding hydrogens is 400 g/mol. The van der Waals surface area contributed by atoms with Crippen molar-refractivity contribution in [2.24, 2.45) is 18.1 Å². The summed E-state index contributed by atoms with van der Waals surface area (Å²) in [5, 5.41) is 6.00. The molecule has 0 fully saturated rings. The average Bonchev–Trinajstić information content (AvgIpc) is 3.36. The van der Waals surface area contributed by atoms with Gasteiger partial charge in [0.2, 0.25) is 0 Å². The summed E-state index contributed by atoms with van der Waals surface area (Å²) in [6.45, 7) is 3.31. The van der Waals surface area contributed by atoms with Crippen molar-refractivity contribution in [3.8, 4) is 5.75 Å². The Morgan fingerprint density at radius 2 is 1.94 bits per heavy atom. The van der Waals surface area contributed by atoms with Crippen LogP contribution >= 0.6 is 0 Å². The monoisotopic (exact) mass is 428 g/mol. The summed E-state index contributed by atoms with van der Waals surface area (Å²) >= 11 is 0. The number of ether oxygens (including phenoxy) is 1. The van der Waals surface area contributed by atoms with Crippen LogP contribution in [0.3, 0.4) is 0 Å². The van der Waals surface area contributed by atoms with Crippen LogP contribution in [0.15, 0.2) is 66.1 Å². The number of rotatable bonds is 6. The molecule has 1 aliphatic rings. The molecule has 32 heavy (non-hydrogen) atoms. The third kappa shape index (κ3) is 3.66. The number of methoxy groups -OCH3 is 1. The minimum Gasteiger partial charge on any atom is -0.497 e. The molecule has 0 N–H and O–H groups in total. The summed E-state index contributed by atoms with van der Waals surface area (Å²) in [5.41, 5.74) is 5.89. The Hall–Kier alpha value is -3.54. The highest BCUT2D eigenvalue weighted by molar-refractivity contribution is 6.13. The van der Waals surface area contributed by atoms with Gasteiger partial charge in [-0.25, -0.2) is 4.98 Å². The van der Waals surface area contributed by atoms with E-state index in [1.807, 2.05) is 43.6 Å². The molecule has 0 spiro atoms. The Morgan fingerprint density at radius 1 is 1.12 bits per heavy atom. The van der Waals surface area contributed by atoms with E-state index in [-0.39, 0.29) is 5.92 Å². The SMILES string of the molecule is COc1ccc(CO/N=C2/c3c(n(C)c4ccccc34)CCC2Cn2ccnc2C)cc1. The fraction of sp³-hybridized carbons (Fsp3) is 0.308. The van der Waals surface area contributed by atoms with E-state index in [4.69, 9.17) is 14.7 Å². The predicted octanol–water partition coefficient (Wildman–Crippen LogP) is 4.88. The highest BCUT2D eigenvalue weighted by Gasteiger charge is 2.31. The molecule has 6 heteroatoms. The van der Waals surface area contributed by atoms with Gasteiger partial charge in [-0.2, -0.15) is 0 Å². The molecule has 1 aliphatic carbocycles. The van der Waals surface area contributed by atoms with E-state index in [0.717, 1.165) is 42.2 Å². The van der Waals surface area contributed by atoms with Crippen molar-refractivity contribution >= 4 is 16.6 Å². The number of para-hydroxylation sites is 1. The van der Waals surface area contributed by atoms with E-state index in [1.165, 1.54) is 22.2 Å². The first-order valence-corrected chi connectivity index (χ1v) is 11.0. The van der Waals surface area contributed by atoms with E-state index in [9.17, 15) is 0 Å². The molecule has 2 aromatic carbocycles. The van der Waals surface area contributed by atoms with Crippen molar-refractivity contribution in [1.82, 2.24) is 14.1 Å². The van der Waals surface area contributed by atoms with Crippen molar-refractivity contribution in [2.75, 3.05) is 7.11 Å². The highest BCUT2D eigenvalue weighted by atomic mass is 16.6. The lowest BCUT2D eigenvalue weighted by atomic mass is 9.84. The maximum Gasteiger partial charge on any atom is 0.142 e. The zero-order chi connectivity index (χ0) is 22.1. The van der Waals surface area contributed by atoms with Crippen LogP contribution in [0, 0.1) is 12.8 Å². The number of hydrogen-bond donors (Lipinski definition) is 0. The average molecular weight is 429 g/mol. The van der Waals surface area contributed by atoms with Crippen molar-refractivity contribution < 1.29 is 9.57 Å². The Morgan fingerprint density at radius 3 is 2.69 bits per heavy atom. The molecule has 0 bridgehead atoms. The first kappa shape index (κ1) is 20.4. The predicted molar refractivity (Wildman–Crippen MR) is 126 cm³/mol. The Bertz CT molecular complexity index is 1270. The molecule has 2 aromatic heterocycles. The summed E-state index contributed by atoms with van der Waals surface area (Å²) < 4.78 is 9.76. The van der Waals surface area contributed by atoms with Gasteiger partial charge in [-0.05, 0) is 43.5 Å². The summed E-state index contributed by atoms with van der Waals surface area (Å²) in [6.07, 6.45) is 5.96. The van der Waals surface area contributed by atoms with Crippen molar-refractivity contribution in [3.63, 3.8) is 0 Å². The summed E-state index contributed by atoms with van der Waals surface area (Å²) in [5.74, 6) is 2.12. The van der Waals surface area contributed by atoms with Crippen LogP contribution in [0.4, 0.5) is 0 Å².